The van der Waals surface area contributed by atoms with E-state index in [0.717, 1.165) is 105 Å². The molecule has 4 aromatic heterocycles. The first kappa shape index (κ1) is 59.5. The zero-order valence-electron chi connectivity index (χ0n) is 50.2. The quantitative estimate of drug-likeness (QED) is 0.0630. The summed E-state index contributed by atoms with van der Waals surface area (Å²) < 4.78 is 40.7. The van der Waals surface area contributed by atoms with Gasteiger partial charge in [-0.3, -0.25) is 14.6 Å². The second kappa shape index (κ2) is 24.4. The van der Waals surface area contributed by atoms with Crippen LogP contribution >= 0.6 is 11.3 Å². The molecule has 0 bridgehead atoms. The fourth-order valence-electron chi connectivity index (χ4n) is 14.0. The number of aliphatic hydroxyl groups excluding tert-OH is 1. The minimum atomic E-state index is -0.978. The Morgan fingerprint density at radius 1 is 0.942 bits per heavy atom. The summed E-state index contributed by atoms with van der Waals surface area (Å²) in [5.74, 6) is -0.710. The molecule has 8 heterocycles. The molecule has 5 aliphatic rings. The number of ether oxygens (including phenoxy) is 1. The molecule has 12 rings (SSSR count). The number of nitrogens with zero attached hydrogens (tertiary/aromatic N) is 11. The van der Waals surface area contributed by atoms with Gasteiger partial charge >= 0.3 is 6.01 Å². The van der Waals surface area contributed by atoms with Crippen molar-refractivity contribution in [1.82, 2.24) is 54.9 Å². The third kappa shape index (κ3) is 12.4. The molecule has 2 amide bonds. The molecule has 86 heavy (non-hydrogen) atoms. The van der Waals surface area contributed by atoms with Gasteiger partial charge in [0.1, 0.15) is 40.7 Å². The van der Waals surface area contributed by atoms with Gasteiger partial charge in [0.25, 0.3) is 0 Å². The van der Waals surface area contributed by atoms with Crippen LogP contribution in [0.2, 0.25) is 0 Å². The number of aromatic hydroxyl groups is 1. The van der Waals surface area contributed by atoms with Gasteiger partial charge in [0.05, 0.1) is 51.5 Å². The monoisotopic (exact) mass is 1190 g/mol. The fraction of sp³-hybridized carbons (Fsp3) is 0.538. The predicted molar refractivity (Wildman–Crippen MR) is 327 cm³/mol. The van der Waals surface area contributed by atoms with Crippen molar-refractivity contribution in [1.29, 1.82) is 0 Å². The Morgan fingerprint density at radius 2 is 1.70 bits per heavy atom. The standard InChI is InChI=1S/C65H80F2N12O6S/c1-7-48-51(66)14-13-45-27-46(80)28-49(54(45)48)56-55(67)57-50(30-68-56)60(77-22-8-19-64(6,84)34-77)72-63(71-57)85-36-65(20-21-65)35-76-23-15-41(16-24-76)31-75-25-17-43(18-26-75)52-33-79(74-73-52)58(38(2)3)62(83)78-32-47(81)29-53(78)61(82)70-39(4)42-9-11-44(12-10-42)59-40(5)69-37-86-59/h9-14,27-28,30,33,37-39,41,43,47,53,58,80-81,84H,7-8,15-26,29,31-32,34-36H2,1-6H3,(H,70,82)/t39-,47+,53-,58-,64+/m0/s1. The van der Waals surface area contributed by atoms with Gasteiger partial charge in [-0.15, -0.1) is 16.4 Å². The van der Waals surface area contributed by atoms with Crippen LogP contribution < -0.4 is 15.0 Å². The molecule has 0 unspecified atom stereocenters. The zero-order chi connectivity index (χ0) is 60.2. The Bertz CT molecular complexity index is 3620. The van der Waals surface area contributed by atoms with Crippen molar-refractivity contribution < 1.29 is 38.4 Å². The molecule has 456 valence electrons. The number of amides is 2. The highest BCUT2D eigenvalue weighted by atomic mass is 32.1. The number of phenolic OH excluding ortho intramolecular Hbond substituents is 1. The van der Waals surface area contributed by atoms with Crippen LogP contribution in [-0.4, -0.2) is 160 Å². The second-order valence-corrected chi connectivity index (χ2v) is 26.8. The first-order valence-electron chi connectivity index (χ1n) is 30.9. The molecule has 1 aliphatic carbocycles. The molecule has 0 radical (unpaired) electrons. The van der Waals surface area contributed by atoms with Crippen LogP contribution in [0.4, 0.5) is 14.6 Å². The molecule has 5 fully saturated rings. The number of nitrogens with one attached hydrogen (secondary N) is 1. The number of aryl methyl sites for hydroxylation is 2. The number of pyridine rings is 1. The lowest BCUT2D eigenvalue weighted by Gasteiger charge is -2.38. The molecule has 18 nitrogen and oxygen atoms in total. The Balaban J connectivity index is 0.641. The summed E-state index contributed by atoms with van der Waals surface area (Å²) in [6, 6.07) is 12.2. The lowest BCUT2D eigenvalue weighted by Crippen LogP contribution is -2.49. The number of hydrogen-bond donors (Lipinski definition) is 4. The van der Waals surface area contributed by atoms with Crippen molar-refractivity contribution in [3.63, 3.8) is 0 Å². The maximum atomic E-state index is 17.2. The van der Waals surface area contributed by atoms with Gasteiger partial charge in [-0.25, -0.2) is 18.4 Å². The van der Waals surface area contributed by atoms with E-state index in [1.165, 1.54) is 29.3 Å². The lowest BCUT2D eigenvalue weighted by molar-refractivity contribution is -0.142. The van der Waals surface area contributed by atoms with E-state index in [2.05, 4.69) is 35.4 Å². The summed E-state index contributed by atoms with van der Waals surface area (Å²) in [5.41, 5.74) is 5.25. The molecular formula is C65H80F2N12O6S. The number of benzene rings is 3. The maximum absolute atomic E-state index is 17.2. The topological polar surface area (TPSA) is 211 Å². The van der Waals surface area contributed by atoms with Gasteiger partial charge in [0, 0.05) is 68.4 Å². The summed E-state index contributed by atoms with van der Waals surface area (Å²) in [5, 5.41) is 46.5. The molecule has 1 saturated carbocycles. The van der Waals surface area contributed by atoms with Gasteiger partial charge < -0.3 is 45.0 Å². The van der Waals surface area contributed by atoms with Crippen molar-refractivity contribution in [2.45, 2.75) is 141 Å². The average Bonchev–Trinajstić information content (AvgIpc) is 1.28. The van der Waals surface area contributed by atoms with Crippen molar-refractivity contribution in [2.75, 3.05) is 70.4 Å². The summed E-state index contributed by atoms with van der Waals surface area (Å²) in [6.45, 7) is 18.6. The Labute approximate surface area is 505 Å². The Kier molecular flexibility index (Phi) is 16.9. The van der Waals surface area contributed by atoms with Crippen LogP contribution in [0.5, 0.6) is 11.8 Å². The van der Waals surface area contributed by atoms with Crippen LogP contribution in [0, 0.1) is 35.8 Å². The number of piperidine rings is 3. The molecule has 4 N–H and O–H groups in total. The third-order valence-electron chi connectivity index (χ3n) is 19.0. The van der Waals surface area contributed by atoms with E-state index in [-0.39, 0.29) is 83.2 Å². The smallest absolute Gasteiger partial charge is 0.319 e. The predicted octanol–water partition coefficient (Wildman–Crippen LogP) is 9.55. The SMILES string of the molecule is CCc1c(F)ccc2cc(O)cc(-c3ncc4c(N5CCC[C@@](C)(O)C5)nc(OCC5(CN6CCC(CN7CCC(c8cn([C@H](C(=O)N9C[C@H](O)C[C@H]9C(=O)N[C@@H](C)c9ccc(-c%10scnc%10C)cc9)C(C)C)nn8)CC7)CC6)CC5)nc4c3F)c12. The number of hydrogen-bond acceptors (Lipinski definition) is 16. The molecule has 5 atom stereocenters. The van der Waals surface area contributed by atoms with Crippen LogP contribution in [0.15, 0.2) is 66.4 Å². The van der Waals surface area contributed by atoms with Crippen LogP contribution in [0.3, 0.4) is 0 Å². The van der Waals surface area contributed by atoms with Gasteiger partial charge in [-0.2, -0.15) is 9.97 Å². The molecule has 4 saturated heterocycles. The van der Waals surface area contributed by atoms with Crippen molar-refractivity contribution in [3.05, 3.63) is 101 Å². The number of aliphatic hydroxyl groups is 2. The molecule has 3 aromatic carbocycles. The number of phenols is 1. The van der Waals surface area contributed by atoms with Gasteiger partial charge in [-0.05, 0) is 162 Å². The number of carbonyl (C=O) groups excluding carboxylic acids is 2. The minimum Gasteiger partial charge on any atom is -0.508 e. The largest absolute Gasteiger partial charge is 0.508 e. The molecule has 4 aliphatic heterocycles. The number of fused-ring (bicyclic) bond motifs is 2. The summed E-state index contributed by atoms with van der Waals surface area (Å²) in [6.07, 6.45) is 10.6. The minimum absolute atomic E-state index is 0.00412. The van der Waals surface area contributed by atoms with Gasteiger partial charge in [-0.1, -0.05) is 56.3 Å². The third-order valence-corrected chi connectivity index (χ3v) is 19.9. The van der Waals surface area contributed by atoms with Gasteiger partial charge in [0.2, 0.25) is 11.8 Å². The van der Waals surface area contributed by atoms with E-state index in [4.69, 9.17) is 14.7 Å². The van der Waals surface area contributed by atoms with Crippen LogP contribution in [0.25, 0.3) is 43.4 Å². The first-order chi connectivity index (χ1) is 41.3. The molecule has 0 spiro atoms. The number of anilines is 1. The number of aromatic nitrogens is 7. The van der Waals surface area contributed by atoms with E-state index in [1.54, 1.807) is 29.0 Å². The molecule has 7 aromatic rings. The van der Waals surface area contributed by atoms with E-state index in [0.29, 0.717) is 65.9 Å². The number of halogens is 2. The number of rotatable bonds is 18. The fourth-order valence-corrected chi connectivity index (χ4v) is 14.8. The van der Waals surface area contributed by atoms with Crippen molar-refractivity contribution in [3.8, 4) is 33.5 Å². The summed E-state index contributed by atoms with van der Waals surface area (Å²) in [4.78, 5) is 56.7. The van der Waals surface area contributed by atoms with Crippen molar-refractivity contribution >= 4 is 50.6 Å². The maximum Gasteiger partial charge on any atom is 0.319 e. The Hall–Kier alpha value is -6.78. The molecule has 21 heteroatoms. The van der Waals surface area contributed by atoms with E-state index in [1.807, 2.05) is 75.5 Å². The number of thiazole rings is 1. The zero-order valence-corrected chi connectivity index (χ0v) is 51.0. The van der Waals surface area contributed by atoms with E-state index in [9.17, 15) is 24.9 Å². The highest BCUT2D eigenvalue weighted by Crippen LogP contribution is 2.48. The lowest BCUT2D eigenvalue weighted by atomic mass is 9.91. The first-order valence-corrected chi connectivity index (χ1v) is 31.8. The van der Waals surface area contributed by atoms with Crippen molar-refractivity contribution in [2.24, 2.45) is 17.3 Å². The van der Waals surface area contributed by atoms with Crippen LogP contribution in [0.1, 0.15) is 133 Å². The highest BCUT2D eigenvalue weighted by molar-refractivity contribution is 7.13. The number of likely N-dealkylation sites (tertiary alicyclic amines) is 3. The average molecular weight is 1200 g/mol. The summed E-state index contributed by atoms with van der Waals surface area (Å²) >= 11 is 1.59. The van der Waals surface area contributed by atoms with E-state index < -0.39 is 35.4 Å². The number of β-amino-alcohol motifs (C(OH)–C–C–N with tert-alkyl or cyclic N) is 2. The summed E-state index contributed by atoms with van der Waals surface area (Å²) in [7, 11) is 0. The molecular weight excluding hydrogens is 1110 g/mol. The van der Waals surface area contributed by atoms with E-state index >= 15 is 8.78 Å². The Morgan fingerprint density at radius 3 is 2.40 bits per heavy atom. The van der Waals surface area contributed by atoms with Gasteiger partial charge in [0.15, 0.2) is 5.82 Å². The van der Waals surface area contributed by atoms with Crippen LogP contribution in [-0.2, 0) is 16.0 Å². The second-order valence-electron chi connectivity index (χ2n) is 25.9. The number of carbonyl (C=O) groups is 2. The normalized spacial score (nSPS) is 22.3. The highest BCUT2D eigenvalue weighted by Gasteiger charge is 2.46.